The molecule has 0 unspecified atom stereocenters. The van der Waals surface area contributed by atoms with Crippen LogP contribution in [0.5, 0.6) is 11.5 Å². The lowest BCUT2D eigenvalue weighted by atomic mass is 10.1. The summed E-state index contributed by atoms with van der Waals surface area (Å²) in [5, 5.41) is 0. The summed E-state index contributed by atoms with van der Waals surface area (Å²) < 4.78 is 14.8. The lowest BCUT2D eigenvalue weighted by Gasteiger charge is -2.11. The first-order valence-corrected chi connectivity index (χ1v) is 5.13. The molecule has 1 aromatic rings. The normalized spacial score (nSPS) is 10.2. The van der Waals surface area contributed by atoms with Gasteiger partial charge in [-0.25, -0.2) is 4.79 Å². The second-order valence-electron chi connectivity index (χ2n) is 3.32. The zero-order chi connectivity index (χ0) is 13.5. The van der Waals surface area contributed by atoms with Crippen molar-refractivity contribution in [3.05, 3.63) is 29.3 Å². The molecular formula is C13H14O5. The van der Waals surface area contributed by atoms with E-state index >= 15 is 0 Å². The number of rotatable bonds is 5. The molecule has 0 spiro atoms. The van der Waals surface area contributed by atoms with E-state index in [1.807, 2.05) is 0 Å². The Morgan fingerprint density at radius 3 is 2.39 bits per heavy atom. The minimum Gasteiger partial charge on any atom is -0.493 e. The summed E-state index contributed by atoms with van der Waals surface area (Å²) in [7, 11) is 4.24. The van der Waals surface area contributed by atoms with E-state index in [2.05, 4.69) is 4.74 Å². The van der Waals surface area contributed by atoms with Crippen molar-refractivity contribution in [2.75, 3.05) is 21.3 Å². The van der Waals surface area contributed by atoms with E-state index in [-0.39, 0.29) is 0 Å². The van der Waals surface area contributed by atoms with Crippen molar-refractivity contribution < 1.29 is 23.8 Å². The van der Waals surface area contributed by atoms with Gasteiger partial charge in [-0.05, 0) is 18.2 Å². The van der Waals surface area contributed by atoms with E-state index in [4.69, 9.17) is 9.47 Å². The van der Waals surface area contributed by atoms with E-state index in [9.17, 15) is 9.59 Å². The summed E-state index contributed by atoms with van der Waals surface area (Å²) in [4.78, 5) is 21.9. The van der Waals surface area contributed by atoms with Crippen LogP contribution in [0.25, 0.3) is 6.08 Å². The molecule has 0 atom stereocenters. The highest BCUT2D eigenvalue weighted by molar-refractivity contribution is 5.88. The van der Waals surface area contributed by atoms with E-state index < -0.39 is 5.97 Å². The van der Waals surface area contributed by atoms with Crippen molar-refractivity contribution in [1.82, 2.24) is 0 Å². The second-order valence-corrected chi connectivity index (χ2v) is 3.32. The van der Waals surface area contributed by atoms with Crippen LogP contribution in [-0.2, 0) is 9.53 Å². The molecule has 0 aliphatic heterocycles. The monoisotopic (exact) mass is 250 g/mol. The Balaban J connectivity index is 3.26. The first kappa shape index (κ1) is 13.8. The highest BCUT2D eigenvalue weighted by Crippen LogP contribution is 2.33. The summed E-state index contributed by atoms with van der Waals surface area (Å²) in [6.45, 7) is 0. The Labute approximate surface area is 105 Å². The van der Waals surface area contributed by atoms with Gasteiger partial charge in [0.1, 0.15) is 6.29 Å². The average molecular weight is 250 g/mol. The highest BCUT2D eigenvalue weighted by atomic mass is 16.5. The predicted octanol–water partition coefficient (Wildman–Crippen LogP) is 1.70. The summed E-state index contributed by atoms with van der Waals surface area (Å²) >= 11 is 0. The fraction of sp³-hybridized carbons (Fsp3) is 0.231. The molecule has 0 heterocycles. The number of hydrogen-bond donors (Lipinski definition) is 0. The number of hydrogen-bond acceptors (Lipinski definition) is 5. The van der Waals surface area contributed by atoms with Crippen LogP contribution in [-0.4, -0.2) is 33.6 Å². The topological polar surface area (TPSA) is 61.8 Å². The molecule has 96 valence electrons. The van der Waals surface area contributed by atoms with Crippen LogP contribution < -0.4 is 9.47 Å². The molecule has 0 aromatic heterocycles. The van der Waals surface area contributed by atoms with Crippen molar-refractivity contribution in [2.24, 2.45) is 0 Å². The maximum absolute atomic E-state index is 11.0. The van der Waals surface area contributed by atoms with Crippen LogP contribution >= 0.6 is 0 Å². The summed E-state index contributed by atoms with van der Waals surface area (Å²) in [5.74, 6) is 0.377. The van der Waals surface area contributed by atoms with E-state index in [0.717, 1.165) is 0 Å². The number of carbonyl (C=O) groups is 2. The largest absolute Gasteiger partial charge is 0.493 e. The van der Waals surface area contributed by atoms with E-state index in [0.29, 0.717) is 28.9 Å². The van der Waals surface area contributed by atoms with Gasteiger partial charge >= 0.3 is 5.97 Å². The third-order valence-electron chi connectivity index (χ3n) is 2.27. The van der Waals surface area contributed by atoms with Crippen molar-refractivity contribution in [1.29, 1.82) is 0 Å². The zero-order valence-electron chi connectivity index (χ0n) is 10.4. The standard InChI is InChI=1S/C13H14O5/c1-16-11-7-9(8-14)6-10(13(11)18-3)4-5-12(15)17-2/h4-8H,1-3H3/b5-4+. The molecule has 5 nitrogen and oxygen atoms in total. The van der Waals surface area contributed by atoms with E-state index in [1.165, 1.54) is 33.5 Å². The molecular weight excluding hydrogens is 236 g/mol. The van der Waals surface area contributed by atoms with Gasteiger partial charge in [0.2, 0.25) is 0 Å². The van der Waals surface area contributed by atoms with Gasteiger partial charge in [0.25, 0.3) is 0 Å². The molecule has 0 saturated carbocycles. The first-order valence-electron chi connectivity index (χ1n) is 5.13. The molecule has 0 amide bonds. The molecule has 0 aliphatic rings. The maximum atomic E-state index is 11.0. The quantitative estimate of drug-likeness (QED) is 0.452. The molecule has 5 heteroatoms. The van der Waals surface area contributed by atoms with Gasteiger partial charge in [-0.2, -0.15) is 0 Å². The Hall–Kier alpha value is -2.30. The van der Waals surface area contributed by atoms with Crippen molar-refractivity contribution in [2.45, 2.75) is 0 Å². The number of carbonyl (C=O) groups excluding carboxylic acids is 2. The Morgan fingerprint density at radius 2 is 1.89 bits per heavy atom. The SMILES string of the molecule is COC(=O)/C=C/c1cc(C=O)cc(OC)c1OC. The smallest absolute Gasteiger partial charge is 0.330 e. The number of methoxy groups -OCH3 is 3. The minimum atomic E-state index is -0.493. The average Bonchev–Trinajstić information content (AvgIpc) is 2.43. The van der Waals surface area contributed by atoms with Crippen LogP contribution in [0.3, 0.4) is 0 Å². The zero-order valence-corrected chi connectivity index (χ0v) is 10.4. The third kappa shape index (κ3) is 3.10. The number of esters is 1. The van der Waals surface area contributed by atoms with Crippen LogP contribution in [0.4, 0.5) is 0 Å². The molecule has 0 bridgehead atoms. The number of ether oxygens (including phenoxy) is 3. The van der Waals surface area contributed by atoms with Gasteiger partial charge in [-0.15, -0.1) is 0 Å². The van der Waals surface area contributed by atoms with Gasteiger partial charge in [-0.1, -0.05) is 0 Å². The van der Waals surface area contributed by atoms with Crippen molar-refractivity contribution in [3.63, 3.8) is 0 Å². The van der Waals surface area contributed by atoms with Gasteiger partial charge in [-0.3, -0.25) is 4.79 Å². The van der Waals surface area contributed by atoms with Crippen molar-refractivity contribution in [3.8, 4) is 11.5 Å². The van der Waals surface area contributed by atoms with Crippen LogP contribution in [0.15, 0.2) is 18.2 Å². The fourth-order valence-electron chi connectivity index (χ4n) is 1.43. The number of benzene rings is 1. The lowest BCUT2D eigenvalue weighted by Crippen LogP contribution is -1.97. The van der Waals surface area contributed by atoms with Gasteiger partial charge in [0, 0.05) is 17.2 Å². The minimum absolute atomic E-state index is 0.423. The Morgan fingerprint density at radius 1 is 1.17 bits per heavy atom. The van der Waals surface area contributed by atoms with Crippen LogP contribution in [0.2, 0.25) is 0 Å². The van der Waals surface area contributed by atoms with Crippen molar-refractivity contribution >= 4 is 18.3 Å². The second kappa shape index (κ2) is 6.44. The lowest BCUT2D eigenvalue weighted by molar-refractivity contribution is -0.134. The molecule has 0 fully saturated rings. The third-order valence-corrected chi connectivity index (χ3v) is 2.27. The molecule has 0 N–H and O–H groups in total. The van der Waals surface area contributed by atoms with Gasteiger partial charge in [0.05, 0.1) is 21.3 Å². The Bertz CT molecular complexity index is 477. The molecule has 1 rings (SSSR count). The van der Waals surface area contributed by atoms with Gasteiger partial charge < -0.3 is 14.2 Å². The summed E-state index contributed by atoms with van der Waals surface area (Å²) in [5.41, 5.74) is 0.988. The van der Waals surface area contributed by atoms with Gasteiger partial charge in [0.15, 0.2) is 11.5 Å². The molecule has 0 aliphatic carbocycles. The predicted molar refractivity (Wildman–Crippen MR) is 66.0 cm³/mol. The number of aldehydes is 1. The Kier molecular flexibility index (Phi) is 4.92. The van der Waals surface area contributed by atoms with Crippen LogP contribution in [0.1, 0.15) is 15.9 Å². The van der Waals surface area contributed by atoms with Crippen LogP contribution in [0, 0.1) is 0 Å². The molecule has 18 heavy (non-hydrogen) atoms. The maximum Gasteiger partial charge on any atom is 0.330 e. The fourth-order valence-corrected chi connectivity index (χ4v) is 1.43. The molecule has 1 aromatic carbocycles. The first-order chi connectivity index (χ1) is 8.65. The summed E-state index contributed by atoms with van der Waals surface area (Å²) in [6.07, 6.45) is 3.43. The van der Waals surface area contributed by atoms with E-state index in [1.54, 1.807) is 12.1 Å². The highest BCUT2D eigenvalue weighted by Gasteiger charge is 2.10. The summed E-state index contributed by atoms with van der Waals surface area (Å²) in [6, 6.07) is 3.15. The molecule has 0 radical (unpaired) electrons. The molecule has 0 saturated heterocycles.